The summed E-state index contributed by atoms with van der Waals surface area (Å²) in [4.78, 5) is 10.6. The molecule has 70 valence electrons. The maximum absolute atomic E-state index is 10.6. The van der Waals surface area contributed by atoms with E-state index in [0.29, 0.717) is 13.0 Å². The Morgan fingerprint density at radius 1 is 1.67 bits per heavy atom. The molecule has 0 saturated carbocycles. The van der Waals surface area contributed by atoms with Gasteiger partial charge in [-0.2, -0.15) is 0 Å². The minimum Gasteiger partial charge on any atom is -0.469 e. The molecule has 12 heavy (non-hydrogen) atoms. The quantitative estimate of drug-likeness (QED) is 0.439. The molecule has 0 aromatic rings. The largest absolute Gasteiger partial charge is 0.469 e. The fourth-order valence-electron chi connectivity index (χ4n) is 0.586. The number of carbonyl (C=O) groups excluding carboxylic acids is 1. The predicted molar refractivity (Wildman–Crippen MR) is 45.5 cm³/mol. The summed E-state index contributed by atoms with van der Waals surface area (Å²) < 4.78 is 4.42. The number of hydrogen-bond acceptors (Lipinski definition) is 4. The third kappa shape index (κ3) is 7.08. The number of carbonyl (C=O) groups is 1. The maximum atomic E-state index is 10.6. The molecular formula is C8H15NO3. The van der Waals surface area contributed by atoms with Crippen molar-refractivity contribution in [1.29, 1.82) is 0 Å². The summed E-state index contributed by atoms with van der Waals surface area (Å²) in [6, 6.07) is 0. The van der Waals surface area contributed by atoms with E-state index < -0.39 is 0 Å². The molecule has 0 unspecified atom stereocenters. The average molecular weight is 173 g/mol. The highest BCUT2D eigenvalue weighted by Crippen LogP contribution is 1.84. The fourth-order valence-corrected chi connectivity index (χ4v) is 0.586. The molecule has 0 aliphatic carbocycles. The smallest absolute Gasteiger partial charge is 0.309 e. The molecule has 2 N–H and O–H groups in total. The highest BCUT2D eigenvalue weighted by atomic mass is 16.5. The lowest BCUT2D eigenvalue weighted by Gasteiger charge is -1.96. The van der Waals surface area contributed by atoms with Gasteiger partial charge in [0.2, 0.25) is 0 Å². The topological polar surface area (TPSA) is 58.6 Å². The van der Waals surface area contributed by atoms with Crippen LogP contribution in [0.25, 0.3) is 0 Å². The molecule has 4 heteroatoms. The highest BCUT2D eigenvalue weighted by Gasteiger charge is 1.92. The molecule has 0 aliphatic rings. The maximum Gasteiger partial charge on any atom is 0.309 e. The molecule has 0 fully saturated rings. The Morgan fingerprint density at radius 3 is 3.00 bits per heavy atom. The van der Waals surface area contributed by atoms with Crippen LogP contribution in [-0.2, 0) is 9.53 Å². The van der Waals surface area contributed by atoms with Gasteiger partial charge in [0, 0.05) is 13.2 Å². The first kappa shape index (κ1) is 11.0. The van der Waals surface area contributed by atoms with Gasteiger partial charge in [0.15, 0.2) is 0 Å². The minimum atomic E-state index is -0.254. The second kappa shape index (κ2) is 8.07. The van der Waals surface area contributed by atoms with Crippen LogP contribution >= 0.6 is 0 Å². The third-order valence-electron chi connectivity index (χ3n) is 1.23. The van der Waals surface area contributed by atoms with E-state index in [9.17, 15) is 4.79 Å². The van der Waals surface area contributed by atoms with E-state index in [1.165, 1.54) is 7.11 Å². The van der Waals surface area contributed by atoms with Crippen LogP contribution in [-0.4, -0.2) is 31.3 Å². The zero-order valence-electron chi connectivity index (χ0n) is 7.25. The monoisotopic (exact) mass is 173 g/mol. The van der Waals surface area contributed by atoms with Gasteiger partial charge in [-0.05, 0) is 12.6 Å². The predicted octanol–water partition coefficient (Wildman–Crippen LogP) is 0.0352. The van der Waals surface area contributed by atoms with Crippen LogP contribution in [0.5, 0.6) is 0 Å². The Balaban J connectivity index is 3.19. The molecule has 0 atom stereocenters. The van der Waals surface area contributed by atoms with Gasteiger partial charge in [0.05, 0.1) is 13.5 Å². The lowest BCUT2D eigenvalue weighted by atomic mass is 10.4. The van der Waals surface area contributed by atoms with Crippen LogP contribution < -0.4 is 5.32 Å². The van der Waals surface area contributed by atoms with Crippen molar-refractivity contribution in [2.24, 2.45) is 0 Å². The molecule has 0 aromatic carbocycles. The summed E-state index contributed by atoms with van der Waals surface area (Å²) in [5.41, 5.74) is 0. The number of aliphatic hydroxyl groups excluding tert-OH is 1. The van der Waals surface area contributed by atoms with Gasteiger partial charge in [-0.25, -0.2) is 0 Å². The van der Waals surface area contributed by atoms with E-state index in [4.69, 9.17) is 5.11 Å². The van der Waals surface area contributed by atoms with Crippen molar-refractivity contribution in [3.63, 3.8) is 0 Å². The van der Waals surface area contributed by atoms with Crippen LogP contribution in [0.2, 0.25) is 0 Å². The number of hydrogen-bond donors (Lipinski definition) is 2. The van der Waals surface area contributed by atoms with Gasteiger partial charge < -0.3 is 15.2 Å². The molecule has 0 aliphatic heterocycles. The number of esters is 1. The molecule has 0 rings (SSSR count). The fraction of sp³-hybridized carbons (Fsp3) is 0.625. The van der Waals surface area contributed by atoms with Crippen LogP contribution in [0.3, 0.4) is 0 Å². The van der Waals surface area contributed by atoms with Crippen molar-refractivity contribution in [1.82, 2.24) is 5.32 Å². The SMILES string of the molecule is COC(=O)C/C=C/NCCCO. The number of ether oxygens (including phenoxy) is 1. The number of rotatable bonds is 6. The van der Waals surface area contributed by atoms with Gasteiger partial charge in [-0.15, -0.1) is 0 Å². The molecule has 4 nitrogen and oxygen atoms in total. The lowest BCUT2D eigenvalue weighted by molar-refractivity contribution is -0.139. The van der Waals surface area contributed by atoms with E-state index >= 15 is 0 Å². The van der Waals surface area contributed by atoms with Gasteiger partial charge in [-0.1, -0.05) is 6.08 Å². The van der Waals surface area contributed by atoms with E-state index in [0.717, 1.165) is 0 Å². The van der Waals surface area contributed by atoms with Crippen molar-refractivity contribution in [3.8, 4) is 0 Å². The molecule has 0 spiro atoms. The Labute approximate surface area is 72.2 Å². The van der Waals surface area contributed by atoms with Crippen molar-refractivity contribution in [2.75, 3.05) is 20.3 Å². The van der Waals surface area contributed by atoms with Crippen molar-refractivity contribution < 1.29 is 14.6 Å². The highest BCUT2D eigenvalue weighted by molar-refractivity contribution is 5.70. The van der Waals surface area contributed by atoms with E-state index in [2.05, 4.69) is 10.1 Å². The third-order valence-corrected chi connectivity index (χ3v) is 1.23. The van der Waals surface area contributed by atoms with Gasteiger partial charge >= 0.3 is 5.97 Å². The van der Waals surface area contributed by atoms with E-state index in [1.807, 2.05) is 0 Å². The molecule has 0 heterocycles. The summed E-state index contributed by atoms with van der Waals surface area (Å²) in [6.45, 7) is 0.895. The van der Waals surface area contributed by atoms with Crippen molar-refractivity contribution in [2.45, 2.75) is 12.8 Å². The first-order valence-electron chi connectivity index (χ1n) is 3.87. The minimum absolute atomic E-state index is 0.178. The summed E-state index contributed by atoms with van der Waals surface area (Å²) in [7, 11) is 1.36. The standard InChI is InChI=1S/C8H15NO3/c1-12-8(11)4-2-5-9-6-3-7-10/h2,5,9-10H,3-4,6-7H2,1H3/b5-2+. The normalized spacial score (nSPS) is 10.2. The first-order chi connectivity index (χ1) is 5.81. The van der Waals surface area contributed by atoms with Crippen LogP contribution in [0.15, 0.2) is 12.3 Å². The Bertz CT molecular complexity index is 145. The lowest BCUT2D eigenvalue weighted by Crippen LogP contribution is -2.08. The summed E-state index contributed by atoms with van der Waals surface area (Å²) in [5.74, 6) is -0.254. The Morgan fingerprint density at radius 2 is 2.42 bits per heavy atom. The second-order valence-corrected chi connectivity index (χ2v) is 2.21. The number of aliphatic hydroxyl groups is 1. The molecule has 0 amide bonds. The van der Waals surface area contributed by atoms with Crippen LogP contribution in [0.1, 0.15) is 12.8 Å². The summed E-state index contributed by atoms with van der Waals surface area (Å²) in [6.07, 6.45) is 4.36. The van der Waals surface area contributed by atoms with E-state index in [1.54, 1.807) is 12.3 Å². The molecular weight excluding hydrogens is 158 g/mol. The van der Waals surface area contributed by atoms with Crippen LogP contribution in [0.4, 0.5) is 0 Å². The molecule has 0 radical (unpaired) electrons. The summed E-state index contributed by atoms with van der Waals surface area (Å²) in [5, 5.41) is 11.3. The number of nitrogens with one attached hydrogen (secondary N) is 1. The van der Waals surface area contributed by atoms with Crippen molar-refractivity contribution >= 4 is 5.97 Å². The Kier molecular flexibility index (Phi) is 7.38. The average Bonchev–Trinajstić information content (AvgIpc) is 2.10. The zero-order valence-corrected chi connectivity index (χ0v) is 7.25. The van der Waals surface area contributed by atoms with Gasteiger partial charge in [-0.3, -0.25) is 4.79 Å². The van der Waals surface area contributed by atoms with E-state index in [-0.39, 0.29) is 19.0 Å². The second-order valence-electron chi connectivity index (χ2n) is 2.21. The molecule has 0 bridgehead atoms. The first-order valence-corrected chi connectivity index (χ1v) is 3.87. The zero-order chi connectivity index (χ0) is 9.23. The van der Waals surface area contributed by atoms with Gasteiger partial charge in [0.25, 0.3) is 0 Å². The van der Waals surface area contributed by atoms with Crippen molar-refractivity contribution in [3.05, 3.63) is 12.3 Å². The van der Waals surface area contributed by atoms with Gasteiger partial charge in [0.1, 0.15) is 0 Å². The number of methoxy groups -OCH3 is 1. The Hall–Kier alpha value is -1.03. The summed E-state index contributed by atoms with van der Waals surface area (Å²) >= 11 is 0. The molecule has 0 saturated heterocycles. The van der Waals surface area contributed by atoms with Crippen LogP contribution in [0, 0.1) is 0 Å². The molecule has 0 aromatic heterocycles.